The number of nitrogens with zero attached hydrogens (tertiary/aromatic N) is 2. The van der Waals surface area contributed by atoms with Crippen LogP contribution in [0.3, 0.4) is 0 Å². The average Bonchev–Trinajstić information content (AvgIpc) is 2.36. The average molecular weight is 277 g/mol. The maximum Gasteiger partial charge on any atom is 0.211 e. The second kappa shape index (κ2) is 7.43. The fourth-order valence-electron chi connectivity index (χ4n) is 2.24. The zero-order chi connectivity index (χ0) is 13.6. The van der Waals surface area contributed by atoms with Crippen molar-refractivity contribution in [3.8, 4) is 0 Å². The lowest BCUT2D eigenvalue weighted by atomic mass is 10.2. The van der Waals surface area contributed by atoms with Crippen molar-refractivity contribution in [3.63, 3.8) is 0 Å². The van der Waals surface area contributed by atoms with E-state index in [4.69, 9.17) is 0 Å². The van der Waals surface area contributed by atoms with Crippen molar-refractivity contribution in [1.29, 1.82) is 0 Å². The van der Waals surface area contributed by atoms with E-state index in [0.29, 0.717) is 13.0 Å². The summed E-state index contributed by atoms with van der Waals surface area (Å²) >= 11 is 0. The zero-order valence-electron chi connectivity index (χ0n) is 11.9. The molecule has 1 unspecified atom stereocenters. The number of hydrogen-bond donors (Lipinski definition) is 1. The third-order valence-corrected chi connectivity index (χ3v) is 5.10. The predicted molar refractivity (Wildman–Crippen MR) is 75.2 cm³/mol. The number of nitrogens with one attached hydrogen (secondary N) is 1. The highest BCUT2D eigenvalue weighted by Crippen LogP contribution is 2.05. The van der Waals surface area contributed by atoms with Gasteiger partial charge in [0.2, 0.25) is 10.0 Å². The van der Waals surface area contributed by atoms with Crippen LogP contribution in [-0.2, 0) is 10.0 Å². The molecule has 108 valence electrons. The van der Waals surface area contributed by atoms with Crippen LogP contribution in [0.25, 0.3) is 0 Å². The third kappa shape index (κ3) is 5.22. The van der Waals surface area contributed by atoms with Crippen LogP contribution in [0.1, 0.15) is 27.2 Å². The van der Waals surface area contributed by atoms with Crippen LogP contribution in [-0.4, -0.2) is 69.3 Å². The van der Waals surface area contributed by atoms with Crippen LogP contribution < -0.4 is 4.72 Å². The molecule has 1 atom stereocenters. The fourth-order valence-corrected chi connectivity index (χ4v) is 3.41. The quantitative estimate of drug-likeness (QED) is 0.729. The van der Waals surface area contributed by atoms with Crippen molar-refractivity contribution in [3.05, 3.63) is 0 Å². The molecule has 18 heavy (non-hydrogen) atoms. The molecule has 0 amide bonds. The molecule has 1 aliphatic heterocycles. The first-order valence-corrected chi connectivity index (χ1v) is 8.57. The molecule has 1 heterocycles. The highest BCUT2D eigenvalue weighted by Gasteiger charge is 2.21. The molecule has 1 saturated heterocycles. The minimum absolute atomic E-state index is 0.226. The lowest BCUT2D eigenvalue weighted by Gasteiger charge is -2.37. The van der Waals surface area contributed by atoms with Crippen LogP contribution in [0.5, 0.6) is 0 Å². The highest BCUT2D eigenvalue weighted by molar-refractivity contribution is 7.89. The monoisotopic (exact) mass is 277 g/mol. The third-order valence-electron chi connectivity index (χ3n) is 3.55. The van der Waals surface area contributed by atoms with E-state index < -0.39 is 10.0 Å². The molecule has 0 spiro atoms. The summed E-state index contributed by atoms with van der Waals surface area (Å²) in [6.45, 7) is 12.0. The van der Waals surface area contributed by atoms with Gasteiger partial charge in [-0.2, -0.15) is 0 Å². The van der Waals surface area contributed by atoms with Gasteiger partial charge in [-0.3, -0.25) is 4.90 Å². The molecule has 6 heteroatoms. The normalized spacial score (nSPS) is 21.1. The van der Waals surface area contributed by atoms with Gasteiger partial charge in [0.25, 0.3) is 0 Å². The van der Waals surface area contributed by atoms with E-state index in [1.54, 1.807) is 0 Å². The Balaban J connectivity index is 2.31. The summed E-state index contributed by atoms with van der Waals surface area (Å²) in [6.07, 6.45) is 0.666. The lowest BCUT2D eigenvalue weighted by Crippen LogP contribution is -2.52. The van der Waals surface area contributed by atoms with E-state index in [2.05, 4.69) is 28.4 Å². The van der Waals surface area contributed by atoms with Gasteiger partial charge in [0.15, 0.2) is 0 Å². The lowest BCUT2D eigenvalue weighted by molar-refractivity contribution is 0.107. The topological polar surface area (TPSA) is 52.7 Å². The second-order valence-corrected chi connectivity index (χ2v) is 6.91. The van der Waals surface area contributed by atoms with Crippen molar-refractivity contribution in [2.45, 2.75) is 33.2 Å². The van der Waals surface area contributed by atoms with Gasteiger partial charge in [-0.1, -0.05) is 13.8 Å². The Kier molecular flexibility index (Phi) is 6.55. The molecular formula is C12H27N3O2S. The molecule has 0 aromatic heterocycles. The summed E-state index contributed by atoms with van der Waals surface area (Å²) in [4.78, 5) is 4.78. The van der Waals surface area contributed by atoms with Gasteiger partial charge in [0, 0.05) is 38.8 Å². The summed E-state index contributed by atoms with van der Waals surface area (Å²) < 4.78 is 25.9. The Morgan fingerprint density at radius 1 is 1.17 bits per heavy atom. The van der Waals surface area contributed by atoms with Gasteiger partial charge in [-0.25, -0.2) is 13.1 Å². The van der Waals surface area contributed by atoms with Gasteiger partial charge in [-0.05, 0) is 19.9 Å². The molecular weight excluding hydrogens is 250 g/mol. The van der Waals surface area contributed by atoms with Crippen LogP contribution in [0.15, 0.2) is 0 Å². The van der Waals surface area contributed by atoms with Crippen LogP contribution in [0, 0.1) is 0 Å². The number of likely N-dealkylation sites (N-methyl/N-ethyl adjacent to an activating group) is 1. The molecule has 1 fully saturated rings. The fraction of sp³-hybridized carbons (Fsp3) is 1.00. The summed E-state index contributed by atoms with van der Waals surface area (Å²) in [6, 6.07) is 0.274. The molecule has 0 aromatic rings. The van der Waals surface area contributed by atoms with Crippen molar-refractivity contribution in [2.24, 2.45) is 0 Å². The number of piperazine rings is 1. The number of rotatable bonds is 7. The molecule has 0 aromatic carbocycles. The Labute approximate surface area is 112 Å². The van der Waals surface area contributed by atoms with Crippen molar-refractivity contribution in [2.75, 3.05) is 45.0 Å². The molecule has 5 nitrogen and oxygen atoms in total. The summed E-state index contributed by atoms with van der Waals surface area (Å²) in [5.74, 6) is 0.226. The first-order valence-electron chi connectivity index (χ1n) is 6.92. The molecule has 0 radical (unpaired) electrons. The molecule has 0 bridgehead atoms. The van der Waals surface area contributed by atoms with Gasteiger partial charge in [-0.15, -0.1) is 0 Å². The van der Waals surface area contributed by atoms with Gasteiger partial charge in [0.05, 0.1) is 5.75 Å². The van der Waals surface area contributed by atoms with E-state index in [0.717, 1.165) is 32.7 Å². The van der Waals surface area contributed by atoms with Crippen LogP contribution in [0.2, 0.25) is 0 Å². The summed E-state index contributed by atoms with van der Waals surface area (Å²) in [5, 5.41) is 0. The van der Waals surface area contributed by atoms with Gasteiger partial charge < -0.3 is 4.90 Å². The minimum Gasteiger partial charge on any atom is -0.301 e. The molecule has 0 saturated carbocycles. The smallest absolute Gasteiger partial charge is 0.211 e. The maximum absolute atomic E-state index is 11.6. The standard InChI is InChI=1S/C12H27N3O2S/c1-4-10-18(16,17)13-11-12(3)15-8-6-14(5-2)7-9-15/h12-13H,4-11H2,1-3H3. The van der Waals surface area contributed by atoms with E-state index in [1.807, 2.05) is 6.92 Å². The Bertz CT molecular complexity index is 324. The largest absolute Gasteiger partial charge is 0.301 e. The SMILES string of the molecule is CCCS(=O)(=O)NCC(C)N1CCN(CC)CC1. The van der Waals surface area contributed by atoms with Crippen LogP contribution in [0.4, 0.5) is 0 Å². The van der Waals surface area contributed by atoms with Crippen LogP contribution >= 0.6 is 0 Å². The molecule has 1 N–H and O–H groups in total. The van der Waals surface area contributed by atoms with E-state index in [9.17, 15) is 8.42 Å². The first-order chi connectivity index (χ1) is 8.48. The molecule has 1 rings (SSSR count). The first kappa shape index (κ1) is 15.9. The van der Waals surface area contributed by atoms with Gasteiger partial charge in [0.1, 0.15) is 0 Å². The summed E-state index contributed by atoms with van der Waals surface area (Å²) in [7, 11) is -3.07. The van der Waals surface area contributed by atoms with E-state index >= 15 is 0 Å². The zero-order valence-corrected chi connectivity index (χ0v) is 12.7. The highest BCUT2D eigenvalue weighted by atomic mass is 32.2. The molecule has 0 aliphatic carbocycles. The van der Waals surface area contributed by atoms with Gasteiger partial charge >= 0.3 is 0 Å². The van der Waals surface area contributed by atoms with Crippen molar-refractivity contribution in [1.82, 2.24) is 14.5 Å². The van der Waals surface area contributed by atoms with Crippen molar-refractivity contribution >= 4 is 10.0 Å². The minimum atomic E-state index is -3.07. The maximum atomic E-state index is 11.6. The predicted octanol–water partition coefficient (Wildman–Crippen LogP) is 0.342. The molecule has 1 aliphatic rings. The second-order valence-electron chi connectivity index (χ2n) is 4.99. The Hall–Kier alpha value is -0.170. The van der Waals surface area contributed by atoms with E-state index in [1.165, 1.54) is 0 Å². The Morgan fingerprint density at radius 3 is 2.28 bits per heavy atom. The van der Waals surface area contributed by atoms with E-state index in [-0.39, 0.29) is 11.8 Å². The van der Waals surface area contributed by atoms with Crippen molar-refractivity contribution < 1.29 is 8.42 Å². The summed E-state index contributed by atoms with van der Waals surface area (Å²) in [5.41, 5.74) is 0. The Morgan fingerprint density at radius 2 is 1.78 bits per heavy atom. The number of sulfonamides is 1. The number of hydrogen-bond acceptors (Lipinski definition) is 4.